The van der Waals surface area contributed by atoms with E-state index in [-0.39, 0.29) is 0 Å². The Morgan fingerprint density at radius 2 is 1.89 bits per heavy atom. The van der Waals surface area contributed by atoms with Crippen molar-refractivity contribution in [2.75, 3.05) is 44.8 Å². The summed E-state index contributed by atoms with van der Waals surface area (Å²) in [6, 6.07) is 5.35. The molecule has 0 bridgehead atoms. The molecule has 4 heteroatoms. The first kappa shape index (κ1) is 14.6. The Labute approximate surface area is 110 Å². The Balaban J connectivity index is 2.52. The third-order valence-electron chi connectivity index (χ3n) is 3.45. The van der Waals surface area contributed by atoms with E-state index in [9.17, 15) is 0 Å². The third-order valence-corrected chi connectivity index (χ3v) is 3.45. The van der Waals surface area contributed by atoms with Crippen LogP contribution < -0.4 is 16.2 Å². The van der Waals surface area contributed by atoms with E-state index in [0.29, 0.717) is 23.7 Å². The van der Waals surface area contributed by atoms with Crippen molar-refractivity contribution in [1.82, 2.24) is 0 Å². The minimum atomic E-state index is 0.644. The van der Waals surface area contributed by atoms with Crippen molar-refractivity contribution >= 4 is 11.4 Å². The second-order valence-electron chi connectivity index (χ2n) is 5.03. The van der Waals surface area contributed by atoms with Gasteiger partial charge in [-0.3, -0.25) is 0 Å². The van der Waals surface area contributed by atoms with Gasteiger partial charge in [0.1, 0.15) is 18.9 Å². The first-order chi connectivity index (χ1) is 8.50. The Morgan fingerprint density at radius 3 is 2.50 bits per heavy atom. The molecule has 0 saturated carbocycles. The van der Waals surface area contributed by atoms with Crippen molar-refractivity contribution in [1.29, 1.82) is 0 Å². The topological polar surface area (TPSA) is 61.3 Å². The average molecular weight is 252 g/mol. The number of hydrogen-bond donors (Lipinski definition) is 2. The van der Waals surface area contributed by atoms with Crippen molar-refractivity contribution < 1.29 is 9.22 Å². The zero-order valence-electron chi connectivity index (χ0n) is 11.8. The molecule has 1 aromatic carbocycles. The molecule has 1 unspecified atom stereocenters. The fraction of sp³-hybridized carbons (Fsp3) is 0.571. The van der Waals surface area contributed by atoms with Gasteiger partial charge in [-0.2, -0.15) is 0 Å². The van der Waals surface area contributed by atoms with E-state index in [0.717, 1.165) is 17.6 Å². The molecule has 102 valence electrons. The highest BCUT2D eigenvalue weighted by Gasteiger charge is 2.17. The van der Waals surface area contributed by atoms with Crippen LogP contribution in [-0.4, -0.2) is 37.8 Å². The molecule has 0 spiro atoms. The Kier molecular flexibility index (Phi) is 5.28. The summed E-state index contributed by atoms with van der Waals surface area (Å²) >= 11 is 0. The smallest absolute Gasteiger partial charge is 0.144 e. The van der Waals surface area contributed by atoms with Crippen LogP contribution in [0.1, 0.15) is 20.3 Å². The van der Waals surface area contributed by atoms with Crippen LogP contribution in [0.25, 0.3) is 0 Å². The van der Waals surface area contributed by atoms with E-state index in [1.54, 1.807) is 18.2 Å². The van der Waals surface area contributed by atoms with Gasteiger partial charge in [0, 0.05) is 11.8 Å². The zero-order valence-corrected chi connectivity index (χ0v) is 11.8. The maximum atomic E-state index is 5.84. The predicted molar refractivity (Wildman–Crippen MR) is 77.5 cm³/mol. The summed E-state index contributed by atoms with van der Waals surface area (Å²) in [5.41, 5.74) is 12.9. The maximum Gasteiger partial charge on any atom is 0.144 e. The Bertz CT molecular complexity index is 381. The minimum absolute atomic E-state index is 0.644. The van der Waals surface area contributed by atoms with Crippen LogP contribution in [0.5, 0.6) is 5.75 Å². The molecule has 0 radical (unpaired) electrons. The second kappa shape index (κ2) is 6.50. The SMILES string of the molecule is CCC[N+](C)(CC)CCOc1cc(N)ccc1N. The maximum absolute atomic E-state index is 5.84. The number of nitrogens with two attached hydrogens (primary N) is 2. The first-order valence-corrected chi connectivity index (χ1v) is 6.62. The molecular formula is C14H26N3O+. The van der Waals surface area contributed by atoms with Crippen LogP contribution in [-0.2, 0) is 0 Å². The lowest BCUT2D eigenvalue weighted by molar-refractivity contribution is -0.907. The highest BCUT2D eigenvalue weighted by molar-refractivity contribution is 5.59. The lowest BCUT2D eigenvalue weighted by atomic mass is 10.2. The quantitative estimate of drug-likeness (QED) is 0.577. The highest BCUT2D eigenvalue weighted by atomic mass is 16.5. The van der Waals surface area contributed by atoms with Crippen LogP contribution in [0, 0.1) is 0 Å². The van der Waals surface area contributed by atoms with Crippen molar-refractivity contribution in [2.45, 2.75) is 20.3 Å². The van der Waals surface area contributed by atoms with Gasteiger partial charge in [0.15, 0.2) is 0 Å². The molecule has 0 fully saturated rings. The Hall–Kier alpha value is -1.42. The molecule has 1 rings (SSSR count). The van der Waals surface area contributed by atoms with Gasteiger partial charge in [-0.05, 0) is 25.5 Å². The summed E-state index contributed by atoms with van der Waals surface area (Å²) < 4.78 is 6.77. The third kappa shape index (κ3) is 4.11. The zero-order chi connectivity index (χ0) is 13.6. The molecule has 0 aromatic heterocycles. The predicted octanol–water partition coefficient (Wildman–Crippen LogP) is 2.11. The van der Waals surface area contributed by atoms with Gasteiger partial charge in [0.25, 0.3) is 0 Å². The summed E-state index contributed by atoms with van der Waals surface area (Å²) in [6.07, 6.45) is 1.19. The molecule has 4 N–H and O–H groups in total. The summed E-state index contributed by atoms with van der Waals surface area (Å²) in [7, 11) is 2.26. The number of anilines is 2. The summed E-state index contributed by atoms with van der Waals surface area (Å²) in [4.78, 5) is 0. The minimum Gasteiger partial charge on any atom is -0.485 e. The van der Waals surface area contributed by atoms with E-state index in [2.05, 4.69) is 20.9 Å². The molecule has 0 aliphatic rings. The van der Waals surface area contributed by atoms with Gasteiger partial charge >= 0.3 is 0 Å². The largest absolute Gasteiger partial charge is 0.485 e. The number of nitrogen functional groups attached to an aromatic ring is 2. The molecule has 0 heterocycles. The lowest BCUT2D eigenvalue weighted by Gasteiger charge is -2.33. The second-order valence-corrected chi connectivity index (χ2v) is 5.03. The Morgan fingerprint density at radius 1 is 1.17 bits per heavy atom. The number of likely N-dealkylation sites (N-methyl/N-ethyl adjacent to an activating group) is 1. The standard InChI is InChI=1S/C14H26N3O/c1-4-8-17(3,5-2)9-10-18-14-11-12(15)6-7-13(14)16/h6-7,11H,4-5,8-10,15-16H2,1-3H3/q+1. The number of benzene rings is 1. The van der Waals surface area contributed by atoms with Gasteiger partial charge in [-0.1, -0.05) is 6.92 Å². The van der Waals surface area contributed by atoms with Gasteiger partial charge in [0.2, 0.25) is 0 Å². The summed E-state index contributed by atoms with van der Waals surface area (Å²) in [5.74, 6) is 0.689. The fourth-order valence-corrected chi connectivity index (χ4v) is 2.02. The van der Waals surface area contributed by atoms with E-state index in [1.807, 2.05) is 0 Å². The fourth-order valence-electron chi connectivity index (χ4n) is 2.02. The molecule has 4 nitrogen and oxygen atoms in total. The van der Waals surface area contributed by atoms with Gasteiger partial charge in [-0.15, -0.1) is 0 Å². The normalized spacial score (nSPS) is 14.2. The average Bonchev–Trinajstić information content (AvgIpc) is 2.34. The van der Waals surface area contributed by atoms with Crippen LogP contribution in [0.3, 0.4) is 0 Å². The van der Waals surface area contributed by atoms with E-state index < -0.39 is 0 Å². The molecule has 1 aromatic rings. The van der Waals surface area contributed by atoms with Crippen LogP contribution in [0.2, 0.25) is 0 Å². The first-order valence-electron chi connectivity index (χ1n) is 6.62. The van der Waals surface area contributed by atoms with Crippen molar-refractivity contribution in [2.24, 2.45) is 0 Å². The molecule has 0 amide bonds. The number of rotatable bonds is 7. The monoisotopic (exact) mass is 252 g/mol. The number of hydrogen-bond acceptors (Lipinski definition) is 3. The van der Waals surface area contributed by atoms with E-state index in [4.69, 9.17) is 16.2 Å². The molecule has 0 aliphatic heterocycles. The number of ether oxygens (including phenoxy) is 1. The lowest BCUT2D eigenvalue weighted by Crippen LogP contribution is -2.47. The van der Waals surface area contributed by atoms with Gasteiger partial charge in [-0.25, -0.2) is 0 Å². The number of nitrogens with zero attached hydrogens (tertiary/aromatic N) is 1. The highest BCUT2D eigenvalue weighted by Crippen LogP contribution is 2.23. The molecule has 18 heavy (non-hydrogen) atoms. The van der Waals surface area contributed by atoms with Crippen LogP contribution >= 0.6 is 0 Å². The summed E-state index contributed by atoms with van der Waals surface area (Å²) in [6.45, 7) is 8.36. The van der Waals surface area contributed by atoms with Crippen molar-refractivity contribution in [3.05, 3.63) is 18.2 Å². The molecule has 1 atom stereocenters. The van der Waals surface area contributed by atoms with Crippen molar-refractivity contribution in [3.63, 3.8) is 0 Å². The van der Waals surface area contributed by atoms with Crippen LogP contribution in [0.15, 0.2) is 18.2 Å². The van der Waals surface area contributed by atoms with E-state index >= 15 is 0 Å². The molecule has 0 aliphatic carbocycles. The van der Waals surface area contributed by atoms with Crippen LogP contribution in [0.4, 0.5) is 11.4 Å². The van der Waals surface area contributed by atoms with E-state index in [1.165, 1.54) is 13.0 Å². The van der Waals surface area contributed by atoms with Gasteiger partial charge < -0.3 is 20.7 Å². The van der Waals surface area contributed by atoms with Crippen molar-refractivity contribution in [3.8, 4) is 5.75 Å². The van der Waals surface area contributed by atoms with Gasteiger partial charge in [0.05, 0.1) is 25.8 Å². The molecule has 0 saturated heterocycles. The molecular weight excluding hydrogens is 226 g/mol. The number of quaternary nitrogens is 1. The summed E-state index contributed by atoms with van der Waals surface area (Å²) in [5, 5.41) is 0.